The Morgan fingerprint density at radius 3 is 2.93 bits per heavy atom. The summed E-state index contributed by atoms with van der Waals surface area (Å²) in [5, 5.41) is 4.37. The van der Waals surface area contributed by atoms with Gasteiger partial charge in [0.1, 0.15) is 5.82 Å². The van der Waals surface area contributed by atoms with E-state index in [0.717, 1.165) is 57.0 Å². The fourth-order valence-corrected chi connectivity index (χ4v) is 4.56. The van der Waals surface area contributed by atoms with E-state index in [1.807, 2.05) is 17.8 Å². The van der Waals surface area contributed by atoms with E-state index in [-0.39, 0.29) is 17.4 Å². The molecule has 2 aromatic heterocycles. The Balaban J connectivity index is 1.46. The van der Waals surface area contributed by atoms with Gasteiger partial charge in [-0.1, -0.05) is 6.92 Å². The summed E-state index contributed by atoms with van der Waals surface area (Å²) >= 11 is 0. The van der Waals surface area contributed by atoms with E-state index in [1.54, 1.807) is 4.90 Å². The van der Waals surface area contributed by atoms with E-state index < -0.39 is 0 Å². The number of aryl methyl sites for hydroxylation is 1. The van der Waals surface area contributed by atoms with Gasteiger partial charge in [-0.3, -0.25) is 19.2 Å². The number of amides is 1. The number of carbonyl (C=O) groups is 1. The van der Waals surface area contributed by atoms with Crippen molar-refractivity contribution >= 4 is 5.91 Å². The van der Waals surface area contributed by atoms with Crippen molar-refractivity contribution in [2.75, 3.05) is 19.6 Å². The number of aromatic nitrogens is 4. The minimum atomic E-state index is -0.0784. The first-order valence-corrected chi connectivity index (χ1v) is 11.2. The van der Waals surface area contributed by atoms with E-state index in [0.29, 0.717) is 31.5 Å². The minimum absolute atomic E-state index is 0.0784. The average molecular weight is 413 g/mol. The van der Waals surface area contributed by atoms with Gasteiger partial charge in [-0.2, -0.15) is 5.10 Å². The summed E-state index contributed by atoms with van der Waals surface area (Å²) in [4.78, 5) is 37.2. The lowest BCUT2D eigenvalue weighted by Gasteiger charge is -2.33. The molecule has 0 aromatic carbocycles. The van der Waals surface area contributed by atoms with E-state index in [9.17, 15) is 9.59 Å². The summed E-state index contributed by atoms with van der Waals surface area (Å²) in [6.45, 7) is 8.82. The molecule has 0 spiro atoms. The molecule has 0 bridgehead atoms. The van der Waals surface area contributed by atoms with Gasteiger partial charge in [-0.25, -0.2) is 4.98 Å². The van der Waals surface area contributed by atoms with E-state index >= 15 is 0 Å². The number of likely N-dealkylation sites (tertiary alicyclic amines) is 1. The zero-order chi connectivity index (χ0) is 21.1. The van der Waals surface area contributed by atoms with Crippen LogP contribution in [0.1, 0.15) is 68.1 Å². The number of rotatable bonds is 6. The molecule has 30 heavy (non-hydrogen) atoms. The molecule has 1 saturated heterocycles. The second-order valence-electron chi connectivity index (χ2n) is 8.47. The van der Waals surface area contributed by atoms with Crippen LogP contribution < -0.4 is 5.56 Å². The first kappa shape index (κ1) is 20.8. The number of nitrogens with zero attached hydrogens (tertiary/aromatic N) is 5. The highest BCUT2D eigenvalue weighted by atomic mass is 16.2. The van der Waals surface area contributed by atoms with Crippen molar-refractivity contribution in [3.8, 4) is 0 Å². The maximum absolute atomic E-state index is 12.8. The fraction of sp³-hybridized carbons (Fsp3) is 0.636. The fourth-order valence-electron chi connectivity index (χ4n) is 4.56. The molecular formula is C22H32N6O2. The quantitative estimate of drug-likeness (QED) is 0.785. The van der Waals surface area contributed by atoms with Crippen LogP contribution in [0.15, 0.2) is 17.2 Å². The van der Waals surface area contributed by atoms with Crippen molar-refractivity contribution in [2.45, 2.75) is 71.5 Å². The van der Waals surface area contributed by atoms with Crippen LogP contribution in [0, 0.1) is 0 Å². The Bertz CT molecular complexity index is 949. The first-order chi connectivity index (χ1) is 14.6. The largest absolute Gasteiger partial charge is 0.338 e. The lowest BCUT2D eigenvalue weighted by atomic mass is 9.96. The van der Waals surface area contributed by atoms with Crippen molar-refractivity contribution in [3.05, 3.63) is 45.4 Å². The molecule has 0 unspecified atom stereocenters. The highest BCUT2D eigenvalue weighted by Crippen LogP contribution is 2.26. The van der Waals surface area contributed by atoms with Crippen molar-refractivity contribution in [1.29, 1.82) is 0 Å². The number of hydrogen-bond acceptors (Lipinski definition) is 5. The maximum atomic E-state index is 12.8. The van der Waals surface area contributed by atoms with Crippen molar-refractivity contribution < 1.29 is 4.79 Å². The summed E-state index contributed by atoms with van der Waals surface area (Å²) in [5.74, 6) is 1.17. The Kier molecular flexibility index (Phi) is 6.32. The number of carbonyl (C=O) groups excluding carboxylic acids is 1. The van der Waals surface area contributed by atoms with Gasteiger partial charge < -0.3 is 9.88 Å². The summed E-state index contributed by atoms with van der Waals surface area (Å²) in [5.41, 5.74) is 2.68. The second kappa shape index (κ2) is 9.12. The highest BCUT2D eigenvalue weighted by Gasteiger charge is 2.28. The Morgan fingerprint density at radius 1 is 1.30 bits per heavy atom. The van der Waals surface area contributed by atoms with Gasteiger partial charge in [0.25, 0.3) is 5.56 Å². The van der Waals surface area contributed by atoms with Crippen LogP contribution in [-0.4, -0.2) is 55.1 Å². The normalized spacial score (nSPS) is 19.7. The number of aromatic amines is 1. The third kappa shape index (κ3) is 4.48. The number of nitrogens with one attached hydrogen (secondary N) is 1. The number of fused-ring (bicyclic) bond motifs is 1. The Labute approximate surface area is 177 Å². The van der Waals surface area contributed by atoms with Crippen molar-refractivity contribution in [3.63, 3.8) is 0 Å². The molecule has 2 aliphatic rings. The third-order valence-corrected chi connectivity index (χ3v) is 6.21. The van der Waals surface area contributed by atoms with Crippen LogP contribution in [0.25, 0.3) is 0 Å². The maximum Gasteiger partial charge on any atom is 0.256 e. The van der Waals surface area contributed by atoms with Crippen molar-refractivity contribution in [1.82, 2.24) is 29.5 Å². The molecule has 1 fully saturated rings. The molecule has 4 heterocycles. The Hall–Kier alpha value is -2.48. The molecule has 1 atom stereocenters. The van der Waals surface area contributed by atoms with Gasteiger partial charge >= 0.3 is 0 Å². The number of H-pyrrole nitrogens is 1. The summed E-state index contributed by atoms with van der Waals surface area (Å²) in [7, 11) is 0. The van der Waals surface area contributed by atoms with Gasteiger partial charge in [0.15, 0.2) is 0 Å². The molecule has 162 valence electrons. The van der Waals surface area contributed by atoms with Gasteiger partial charge in [0, 0.05) is 56.7 Å². The van der Waals surface area contributed by atoms with Crippen LogP contribution in [-0.2, 0) is 30.8 Å². The summed E-state index contributed by atoms with van der Waals surface area (Å²) in [6.07, 6.45) is 8.20. The number of piperidine rings is 1. The van der Waals surface area contributed by atoms with E-state index in [4.69, 9.17) is 4.98 Å². The predicted octanol–water partition coefficient (Wildman–Crippen LogP) is 2.05. The van der Waals surface area contributed by atoms with Crippen LogP contribution in [0.3, 0.4) is 0 Å². The third-order valence-electron chi connectivity index (χ3n) is 6.21. The van der Waals surface area contributed by atoms with Crippen LogP contribution in [0.5, 0.6) is 0 Å². The SMILES string of the molecule is CCCC(=O)N1CCc2nc([C@H]3CCCN(Cc4cnn(CC)c4)C3)[nH]c(=O)c2C1. The average Bonchev–Trinajstić information content (AvgIpc) is 3.21. The zero-order valence-electron chi connectivity index (χ0n) is 18.1. The molecule has 2 aliphatic heterocycles. The van der Waals surface area contributed by atoms with Crippen molar-refractivity contribution in [2.24, 2.45) is 0 Å². The van der Waals surface area contributed by atoms with Gasteiger partial charge in [-0.05, 0) is 32.7 Å². The lowest BCUT2D eigenvalue weighted by Crippen LogP contribution is -2.40. The van der Waals surface area contributed by atoms with E-state index in [2.05, 4.69) is 28.1 Å². The monoisotopic (exact) mass is 412 g/mol. The topological polar surface area (TPSA) is 87.1 Å². The standard InChI is InChI=1S/C22H32N6O2/c1-3-6-20(29)27-10-8-19-18(15-27)22(30)25-21(24-19)17-7-5-9-26(14-17)12-16-11-23-28(4-2)13-16/h11,13,17H,3-10,12,14-15H2,1-2H3,(H,24,25,30)/t17-/m0/s1. The van der Waals surface area contributed by atoms with Crippen LogP contribution >= 0.6 is 0 Å². The van der Waals surface area contributed by atoms with Crippen LogP contribution in [0.4, 0.5) is 0 Å². The molecule has 8 heteroatoms. The minimum Gasteiger partial charge on any atom is -0.338 e. The lowest BCUT2D eigenvalue weighted by molar-refractivity contribution is -0.132. The molecule has 0 aliphatic carbocycles. The molecule has 8 nitrogen and oxygen atoms in total. The molecule has 4 rings (SSSR count). The molecule has 1 amide bonds. The molecule has 0 radical (unpaired) electrons. The predicted molar refractivity (Wildman–Crippen MR) is 114 cm³/mol. The molecule has 1 N–H and O–H groups in total. The first-order valence-electron chi connectivity index (χ1n) is 11.2. The number of hydrogen-bond donors (Lipinski definition) is 1. The van der Waals surface area contributed by atoms with Gasteiger partial charge in [0.05, 0.1) is 24.0 Å². The molecule has 0 saturated carbocycles. The van der Waals surface area contributed by atoms with Gasteiger partial charge in [-0.15, -0.1) is 0 Å². The second-order valence-corrected chi connectivity index (χ2v) is 8.47. The molecule has 2 aromatic rings. The molecular weight excluding hydrogens is 380 g/mol. The van der Waals surface area contributed by atoms with Crippen LogP contribution in [0.2, 0.25) is 0 Å². The smallest absolute Gasteiger partial charge is 0.256 e. The van der Waals surface area contributed by atoms with E-state index in [1.165, 1.54) is 5.56 Å². The highest BCUT2D eigenvalue weighted by molar-refractivity contribution is 5.76. The van der Waals surface area contributed by atoms with Gasteiger partial charge in [0.2, 0.25) is 5.91 Å². The zero-order valence-corrected chi connectivity index (χ0v) is 18.1. The summed E-state index contributed by atoms with van der Waals surface area (Å²) in [6, 6.07) is 0. The Morgan fingerprint density at radius 2 is 2.17 bits per heavy atom. The summed E-state index contributed by atoms with van der Waals surface area (Å²) < 4.78 is 1.95.